The van der Waals surface area contributed by atoms with Gasteiger partial charge < -0.3 is 4.74 Å². The van der Waals surface area contributed by atoms with E-state index in [0.29, 0.717) is 12.0 Å². The number of nitrogens with two attached hydrogens (primary N) is 1. The molecule has 0 bridgehead atoms. The Morgan fingerprint density at radius 2 is 2.07 bits per heavy atom. The second-order valence-electron chi connectivity index (χ2n) is 3.04. The molecule has 3 nitrogen and oxygen atoms in total. The standard InChI is InChI=1S/C10H14F2N2O/c1-2-8(14-13)7-5-3-4-6-9(7)15-10(11)12/h3-6,8,10,14H,2,13H2,1H3. The van der Waals surface area contributed by atoms with Crippen LogP contribution in [0.3, 0.4) is 0 Å². The average Bonchev–Trinajstić information content (AvgIpc) is 2.21. The van der Waals surface area contributed by atoms with Crippen molar-refractivity contribution in [2.75, 3.05) is 0 Å². The molecule has 0 aromatic heterocycles. The number of hydrogen-bond donors (Lipinski definition) is 2. The van der Waals surface area contributed by atoms with Crippen LogP contribution in [0, 0.1) is 0 Å². The molecular formula is C10H14F2N2O. The highest BCUT2D eigenvalue weighted by Gasteiger charge is 2.15. The normalized spacial score (nSPS) is 12.9. The van der Waals surface area contributed by atoms with E-state index in [1.807, 2.05) is 6.92 Å². The minimum atomic E-state index is -2.82. The van der Waals surface area contributed by atoms with Crippen LogP contribution in [0.15, 0.2) is 24.3 Å². The number of para-hydroxylation sites is 1. The summed E-state index contributed by atoms with van der Waals surface area (Å²) in [7, 11) is 0. The molecule has 0 aliphatic heterocycles. The number of nitrogens with one attached hydrogen (secondary N) is 1. The molecule has 3 N–H and O–H groups in total. The number of halogens is 2. The van der Waals surface area contributed by atoms with Crippen LogP contribution >= 0.6 is 0 Å². The van der Waals surface area contributed by atoms with E-state index in [1.54, 1.807) is 18.2 Å². The summed E-state index contributed by atoms with van der Waals surface area (Å²) in [5.41, 5.74) is 3.20. The highest BCUT2D eigenvalue weighted by Crippen LogP contribution is 2.27. The average molecular weight is 216 g/mol. The van der Waals surface area contributed by atoms with E-state index >= 15 is 0 Å². The number of benzene rings is 1. The third-order valence-corrected chi connectivity index (χ3v) is 2.12. The van der Waals surface area contributed by atoms with Gasteiger partial charge in [0.2, 0.25) is 0 Å². The van der Waals surface area contributed by atoms with Gasteiger partial charge in [0.05, 0.1) is 0 Å². The number of ether oxygens (including phenoxy) is 1. The fourth-order valence-corrected chi connectivity index (χ4v) is 1.40. The third kappa shape index (κ3) is 3.14. The predicted octanol–water partition coefficient (Wildman–Crippen LogP) is 2.20. The molecule has 0 aliphatic carbocycles. The summed E-state index contributed by atoms with van der Waals surface area (Å²) in [4.78, 5) is 0. The van der Waals surface area contributed by atoms with Crippen molar-refractivity contribution in [1.82, 2.24) is 5.43 Å². The Bertz CT molecular complexity index is 303. The summed E-state index contributed by atoms with van der Waals surface area (Å²) >= 11 is 0. The molecule has 1 rings (SSSR count). The monoisotopic (exact) mass is 216 g/mol. The smallest absolute Gasteiger partial charge is 0.387 e. The quantitative estimate of drug-likeness (QED) is 0.586. The molecular weight excluding hydrogens is 202 g/mol. The van der Waals surface area contributed by atoms with Gasteiger partial charge in [-0.2, -0.15) is 8.78 Å². The molecule has 1 aromatic carbocycles. The summed E-state index contributed by atoms with van der Waals surface area (Å²) in [5.74, 6) is 5.49. The Hall–Kier alpha value is -1.20. The number of rotatable bonds is 5. The van der Waals surface area contributed by atoms with Gasteiger partial charge in [-0.25, -0.2) is 0 Å². The van der Waals surface area contributed by atoms with Gasteiger partial charge in [0.1, 0.15) is 5.75 Å². The van der Waals surface area contributed by atoms with E-state index in [4.69, 9.17) is 5.84 Å². The Morgan fingerprint density at radius 3 is 2.60 bits per heavy atom. The minimum absolute atomic E-state index is 0.164. The Labute approximate surface area is 87.2 Å². The zero-order valence-electron chi connectivity index (χ0n) is 8.41. The van der Waals surface area contributed by atoms with Gasteiger partial charge in [0, 0.05) is 11.6 Å². The van der Waals surface area contributed by atoms with E-state index in [1.165, 1.54) is 6.07 Å². The van der Waals surface area contributed by atoms with Crippen LogP contribution in [0.5, 0.6) is 5.75 Å². The topological polar surface area (TPSA) is 47.3 Å². The molecule has 0 heterocycles. The predicted molar refractivity (Wildman–Crippen MR) is 53.4 cm³/mol. The first-order valence-corrected chi connectivity index (χ1v) is 4.68. The fraction of sp³-hybridized carbons (Fsp3) is 0.400. The molecule has 0 saturated heterocycles. The lowest BCUT2D eigenvalue weighted by atomic mass is 10.0. The van der Waals surface area contributed by atoms with Gasteiger partial charge in [-0.05, 0) is 12.5 Å². The van der Waals surface area contributed by atoms with Gasteiger partial charge >= 0.3 is 6.61 Å². The van der Waals surface area contributed by atoms with Gasteiger partial charge in [-0.3, -0.25) is 11.3 Å². The van der Waals surface area contributed by atoms with Crippen molar-refractivity contribution in [1.29, 1.82) is 0 Å². The van der Waals surface area contributed by atoms with Crippen molar-refractivity contribution in [3.8, 4) is 5.75 Å². The molecule has 15 heavy (non-hydrogen) atoms. The van der Waals surface area contributed by atoms with Crippen LogP contribution in [0.25, 0.3) is 0 Å². The van der Waals surface area contributed by atoms with E-state index in [2.05, 4.69) is 10.2 Å². The minimum Gasteiger partial charge on any atom is -0.434 e. The Balaban J connectivity index is 2.94. The molecule has 0 radical (unpaired) electrons. The van der Waals surface area contributed by atoms with E-state index in [9.17, 15) is 8.78 Å². The van der Waals surface area contributed by atoms with Crippen LogP contribution in [-0.2, 0) is 0 Å². The Morgan fingerprint density at radius 1 is 1.40 bits per heavy atom. The van der Waals surface area contributed by atoms with Gasteiger partial charge in [-0.1, -0.05) is 25.1 Å². The van der Waals surface area contributed by atoms with E-state index in [-0.39, 0.29) is 11.8 Å². The fourth-order valence-electron chi connectivity index (χ4n) is 1.40. The molecule has 1 unspecified atom stereocenters. The molecule has 1 aromatic rings. The second-order valence-corrected chi connectivity index (χ2v) is 3.04. The maximum atomic E-state index is 12.1. The third-order valence-electron chi connectivity index (χ3n) is 2.12. The lowest BCUT2D eigenvalue weighted by Crippen LogP contribution is -2.28. The first kappa shape index (κ1) is 11.9. The number of hydrogen-bond acceptors (Lipinski definition) is 3. The van der Waals surface area contributed by atoms with Gasteiger partial charge in [0.25, 0.3) is 0 Å². The molecule has 0 aliphatic rings. The first-order valence-electron chi connectivity index (χ1n) is 4.68. The molecule has 0 spiro atoms. The molecule has 84 valence electrons. The summed E-state index contributed by atoms with van der Waals surface area (Å²) < 4.78 is 28.6. The van der Waals surface area contributed by atoms with E-state index in [0.717, 1.165) is 0 Å². The molecule has 0 saturated carbocycles. The van der Waals surface area contributed by atoms with Gasteiger partial charge in [0.15, 0.2) is 0 Å². The van der Waals surface area contributed by atoms with Crippen LogP contribution in [0.1, 0.15) is 24.9 Å². The van der Waals surface area contributed by atoms with Crippen LogP contribution in [0.2, 0.25) is 0 Å². The maximum absolute atomic E-state index is 12.1. The number of hydrazine groups is 1. The summed E-state index contributed by atoms with van der Waals surface area (Å²) in [6.45, 7) is -0.912. The highest BCUT2D eigenvalue weighted by atomic mass is 19.3. The van der Waals surface area contributed by atoms with Crippen molar-refractivity contribution < 1.29 is 13.5 Å². The lowest BCUT2D eigenvalue weighted by Gasteiger charge is -2.17. The zero-order chi connectivity index (χ0) is 11.3. The van der Waals surface area contributed by atoms with Crippen molar-refractivity contribution in [2.24, 2.45) is 5.84 Å². The molecule has 0 amide bonds. The summed E-state index contributed by atoms with van der Waals surface area (Å²) in [6, 6.07) is 6.44. The first-order chi connectivity index (χ1) is 7.19. The second kappa shape index (κ2) is 5.63. The van der Waals surface area contributed by atoms with Crippen LogP contribution < -0.4 is 16.0 Å². The molecule has 0 fully saturated rings. The lowest BCUT2D eigenvalue weighted by molar-refractivity contribution is -0.0507. The van der Waals surface area contributed by atoms with Crippen LogP contribution in [-0.4, -0.2) is 6.61 Å². The molecule has 1 atom stereocenters. The maximum Gasteiger partial charge on any atom is 0.387 e. The van der Waals surface area contributed by atoms with Crippen molar-refractivity contribution in [3.63, 3.8) is 0 Å². The van der Waals surface area contributed by atoms with Crippen LogP contribution in [0.4, 0.5) is 8.78 Å². The SMILES string of the molecule is CCC(NN)c1ccccc1OC(F)F. The Kier molecular flexibility index (Phi) is 4.45. The molecule has 5 heteroatoms. The van der Waals surface area contributed by atoms with Crippen molar-refractivity contribution in [2.45, 2.75) is 26.0 Å². The largest absolute Gasteiger partial charge is 0.434 e. The van der Waals surface area contributed by atoms with Gasteiger partial charge in [-0.15, -0.1) is 0 Å². The van der Waals surface area contributed by atoms with Crippen molar-refractivity contribution in [3.05, 3.63) is 29.8 Å². The highest BCUT2D eigenvalue weighted by molar-refractivity contribution is 5.35. The van der Waals surface area contributed by atoms with E-state index < -0.39 is 6.61 Å². The summed E-state index contributed by atoms with van der Waals surface area (Å²) in [6.07, 6.45) is 0.695. The number of alkyl halides is 2. The zero-order valence-corrected chi connectivity index (χ0v) is 8.41. The summed E-state index contributed by atoms with van der Waals surface area (Å²) in [5, 5.41) is 0. The van der Waals surface area contributed by atoms with Crippen molar-refractivity contribution >= 4 is 0 Å².